The third kappa shape index (κ3) is 7.01. The van der Waals surface area contributed by atoms with Crippen LogP contribution >= 0.6 is 24.0 Å². The van der Waals surface area contributed by atoms with Gasteiger partial charge in [-0.15, -0.1) is 24.0 Å². The van der Waals surface area contributed by atoms with Gasteiger partial charge in [-0.2, -0.15) is 13.2 Å². The molecule has 168 valence electrons. The topological polar surface area (TPSA) is 74.8 Å². The van der Waals surface area contributed by atoms with Crippen molar-refractivity contribution in [2.75, 3.05) is 32.1 Å². The van der Waals surface area contributed by atoms with Crippen molar-refractivity contribution in [2.45, 2.75) is 18.5 Å². The molecule has 3 N–H and O–H groups in total. The van der Waals surface area contributed by atoms with Crippen molar-refractivity contribution in [1.82, 2.24) is 10.6 Å². The lowest BCUT2D eigenvalue weighted by Gasteiger charge is -2.26. The van der Waals surface area contributed by atoms with Gasteiger partial charge < -0.3 is 20.7 Å². The van der Waals surface area contributed by atoms with Crippen molar-refractivity contribution in [1.29, 1.82) is 0 Å². The van der Waals surface area contributed by atoms with E-state index in [1.807, 2.05) is 24.3 Å². The molecule has 2 aromatic rings. The Balaban J connectivity index is 0.00000341. The molecule has 0 spiro atoms. The molecule has 1 atom stereocenters. The highest BCUT2D eigenvalue weighted by molar-refractivity contribution is 14.0. The molecule has 0 saturated carbocycles. The Kier molecular flexibility index (Phi) is 8.96. The van der Waals surface area contributed by atoms with Crippen molar-refractivity contribution in [2.24, 2.45) is 4.99 Å². The minimum Gasteiger partial charge on any atom is -0.492 e. The Bertz CT molecular complexity index is 921. The molecular formula is C21H24F3IN4O2. The number of carbonyl (C=O) groups excluding carboxylic acids is 1. The van der Waals surface area contributed by atoms with E-state index >= 15 is 0 Å². The fourth-order valence-electron chi connectivity index (χ4n) is 3.22. The summed E-state index contributed by atoms with van der Waals surface area (Å²) in [5.41, 5.74) is 1.13. The van der Waals surface area contributed by atoms with Gasteiger partial charge in [0.1, 0.15) is 12.4 Å². The number of nitrogens with zero attached hydrogens (tertiary/aromatic N) is 1. The summed E-state index contributed by atoms with van der Waals surface area (Å²) in [6.45, 7) is 1.02. The number of nitrogens with one attached hydrogen (secondary N) is 3. The molecule has 0 aliphatic carbocycles. The van der Waals surface area contributed by atoms with E-state index in [0.29, 0.717) is 25.5 Å². The smallest absolute Gasteiger partial charge is 0.416 e. The van der Waals surface area contributed by atoms with Crippen molar-refractivity contribution in [3.63, 3.8) is 0 Å². The van der Waals surface area contributed by atoms with Crippen LogP contribution in [0.15, 0.2) is 53.5 Å². The van der Waals surface area contributed by atoms with Crippen LogP contribution in [0.3, 0.4) is 0 Å². The third-order valence-corrected chi connectivity index (χ3v) is 4.67. The van der Waals surface area contributed by atoms with Crippen LogP contribution in [0.25, 0.3) is 0 Å². The zero-order chi connectivity index (χ0) is 21.6. The number of halogens is 4. The number of para-hydroxylation sites is 1. The number of aliphatic imine (C=N–C) groups is 1. The van der Waals surface area contributed by atoms with Gasteiger partial charge in [0.25, 0.3) is 0 Å². The Morgan fingerprint density at radius 2 is 1.97 bits per heavy atom. The van der Waals surface area contributed by atoms with Gasteiger partial charge in [-0.1, -0.05) is 24.3 Å². The number of anilines is 1. The SMILES string of the molecule is CN=C(NCCOc1cccc(C(F)(F)F)c1)NCC1CC(=O)Nc2ccccc21.I. The maximum Gasteiger partial charge on any atom is 0.416 e. The molecule has 0 fully saturated rings. The van der Waals surface area contributed by atoms with E-state index in [1.165, 1.54) is 12.1 Å². The zero-order valence-corrected chi connectivity index (χ0v) is 19.2. The van der Waals surface area contributed by atoms with Crippen LogP contribution < -0.4 is 20.7 Å². The highest BCUT2D eigenvalue weighted by Gasteiger charge is 2.30. The lowest BCUT2D eigenvalue weighted by molar-refractivity contribution is -0.137. The van der Waals surface area contributed by atoms with Gasteiger partial charge in [-0.3, -0.25) is 9.79 Å². The lowest BCUT2D eigenvalue weighted by Crippen LogP contribution is -2.42. The van der Waals surface area contributed by atoms with Gasteiger partial charge in [0.05, 0.1) is 12.1 Å². The fraction of sp³-hybridized carbons (Fsp3) is 0.333. The first-order valence-electron chi connectivity index (χ1n) is 9.50. The summed E-state index contributed by atoms with van der Waals surface area (Å²) >= 11 is 0. The van der Waals surface area contributed by atoms with Crippen LogP contribution in [-0.4, -0.2) is 38.6 Å². The highest BCUT2D eigenvalue weighted by Crippen LogP contribution is 2.32. The van der Waals surface area contributed by atoms with E-state index in [2.05, 4.69) is 20.9 Å². The van der Waals surface area contributed by atoms with Gasteiger partial charge in [0.15, 0.2) is 5.96 Å². The maximum absolute atomic E-state index is 12.7. The van der Waals surface area contributed by atoms with Crippen LogP contribution in [-0.2, 0) is 11.0 Å². The van der Waals surface area contributed by atoms with Crippen molar-refractivity contribution >= 4 is 41.5 Å². The van der Waals surface area contributed by atoms with Crippen LogP contribution in [0.2, 0.25) is 0 Å². The molecular weight excluding hydrogens is 524 g/mol. The normalized spacial score (nSPS) is 15.9. The Hall–Kier alpha value is -2.50. The molecule has 3 rings (SSSR count). The minimum atomic E-state index is -4.40. The summed E-state index contributed by atoms with van der Waals surface area (Å²) in [4.78, 5) is 16.0. The average Bonchev–Trinajstić information content (AvgIpc) is 2.72. The Morgan fingerprint density at radius 3 is 2.71 bits per heavy atom. The van der Waals surface area contributed by atoms with Crippen LogP contribution in [0.5, 0.6) is 5.75 Å². The van der Waals surface area contributed by atoms with Crippen LogP contribution in [0.1, 0.15) is 23.5 Å². The quantitative estimate of drug-likeness (QED) is 0.221. The van der Waals surface area contributed by atoms with E-state index in [1.54, 1.807) is 7.05 Å². The van der Waals surface area contributed by atoms with E-state index in [9.17, 15) is 18.0 Å². The first-order chi connectivity index (χ1) is 14.4. The lowest BCUT2D eigenvalue weighted by atomic mass is 9.90. The number of benzene rings is 2. The highest BCUT2D eigenvalue weighted by atomic mass is 127. The number of guanidine groups is 1. The number of hydrogen-bond acceptors (Lipinski definition) is 3. The van der Waals surface area contributed by atoms with Gasteiger partial charge in [-0.05, 0) is 29.8 Å². The zero-order valence-electron chi connectivity index (χ0n) is 16.8. The summed E-state index contributed by atoms with van der Waals surface area (Å²) in [5, 5.41) is 9.10. The summed E-state index contributed by atoms with van der Waals surface area (Å²) in [6, 6.07) is 12.4. The molecule has 1 heterocycles. The Morgan fingerprint density at radius 1 is 1.19 bits per heavy atom. The second-order valence-electron chi connectivity index (χ2n) is 6.79. The van der Waals surface area contributed by atoms with Crippen molar-refractivity contribution < 1.29 is 22.7 Å². The molecule has 1 aliphatic heterocycles. The second-order valence-corrected chi connectivity index (χ2v) is 6.79. The molecule has 31 heavy (non-hydrogen) atoms. The first kappa shape index (κ1) is 24.8. The number of carbonyl (C=O) groups is 1. The minimum absolute atomic E-state index is 0. The molecule has 0 saturated heterocycles. The number of hydrogen-bond donors (Lipinski definition) is 3. The third-order valence-electron chi connectivity index (χ3n) is 4.67. The maximum atomic E-state index is 12.7. The first-order valence-corrected chi connectivity index (χ1v) is 9.50. The van der Waals surface area contributed by atoms with Crippen LogP contribution in [0, 0.1) is 0 Å². The monoisotopic (exact) mass is 548 g/mol. The van der Waals surface area contributed by atoms with E-state index in [0.717, 1.165) is 23.4 Å². The molecule has 0 aromatic heterocycles. The van der Waals surface area contributed by atoms with Crippen molar-refractivity contribution in [3.05, 3.63) is 59.7 Å². The molecule has 1 aliphatic rings. The number of ether oxygens (including phenoxy) is 1. The predicted molar refractivity (Wildman–Crippen MR) is 124 cm³/mol. The van der Waals surface area contributed by atoms with Gasteiger partial charge in [0, 0.05) is 31.6 Å². The summed E-state index contributed by atoms with van der Waals surface area (Å²) < 4.78 is 43.6. The van der Waals surface area contributed by atoms with Crippen molar-refractivity contribution in [3.8, 4) is 5.75 Å². The van der Waals surface area contributed by atoms with Crippen LogP contribution in [0.4, 0.5) is 18.9 Å². The largest absolute Gasteiger partial charge is 0.492 e. The molecule has 0 bridgehead atoms. The summed E-state index contributed by atoms with van der Waals surface area (Å²) in [6.07, 6.45) is -4.03. The molecule has 10 heteroatoms. The van der Waals surface area contributed by atoms with Gasteiger partial charge in [-0.25, -0.2) is 0 Å². The molecule has 6 nitrogen and oxygen atoms in total. The summed E-state index contributed by atoms with van der Waals surface area (Å²) in [7, 11) is 1.62. The van der Waals surface area contributed by atoms with Gasteiger partial charge in [0.2, 0.25) is 5.91 Å². The molecule has 1 unspecified atom stereocenters. The number of alkyl halides is 3. The predicted octanol–water partition coefficient (Wildman–Crippen LogP) is 3.99. The average molecular weight is 548 g/mol. The number of fused-ring (bicyclic) bond motifs is 1. The molecule has 2 aromatic carbocycles. The summed E-state index contributed by atoms with van der Waals surface area (Å²) in [5.74, 6) is 0.651. The standard InChI is InChI=1S/C21H23F3N4O2.HI/c1-25-20(26-9-10-30-16-6-4-5-15(12-16)21(22,23)24)27-13-14-11-19(29)28-18-8-3-2-7-17(14)18;/h2-8,12,14H,9-11,13H2,1H3,(H,28,29)(H2,25,26,27);1H. The fourth-order valence-corrected chi connectivity index (χ4v) is 3.22. The number of amides is 1. The molecule has 1 amide bonds. The molecule has 0 radical (unpaired) electrons. The number of rotatable bonds is 6. The van der Waals surface area contributed by atoms with Gasteiger partial charge >= 0.3 is 6.18 Å². The van der Waals surface area contributed by atoms with E-state index in [-0.39, 0.29) is 48.2 Å². The van der Waals surface area contributed by atoms with E-state index < -0.39 is 11.7 Å². The Labute approximate surface area is 195 Å². The second kappa shape index (κ2) is 11.2. The van der Waals surface area contributed by atoms with E-state index in [4.69, 9.17) is 4.74 Å².